The first-order chi connectivity index (χ1) is 7.60. The fraction of sp³-hybridized carbons (Fsp3) is 0.800. The van der Waals surface area contributed by atoms with Crippen LogP contribution in [0.5, 0.6) is 0 Å². The van der Waals surface area contributed by atoms with E-state index in [1.807, 2.05) is 6.26 Å². The Balaban J connectivity index is 2.56. The van der Waals surface area contributed by atoms with Gasteiger partial charge in [-0.05, 0) is 30.6 Å². The highest BCUT2D eigenvalue weighted by molar-refractivity contribution is 7.99. The summed E-state index contributed by atoms with van der Waals surface area (Å²) in [5.41, 5.74) is -1.01. The third kappa shape index (κ3) is 3.59. The molecule has 4 nitrogen and oxygen atoms in total. The Labute approximate surface area is 104 Å². The fourth-order valence-electron chi connectivity index (χ4n) is 1.64. The molecule has 0 aromatic heterocycles. The molecule has 0 spiro atoms. The highest BCUT2D eigenvalue weighted by Gasteiger charge is 2.40. The lowest BCUT2D eigenvalue weighted by Gasteiger charge is -2.33. The van der Waals surface area contributed by atoms with Crippen LogP contribution in [0.3, 0.4) is 0 Å². The molecule has 0 bridgehead atoms. The minimum absolute atomic E-state index is 0.149. The van der Waals surface area contributed by atoms with Crippen LogP contribution in [0.15, 0.2) is 0 Å². The molecule has 0 aromatic carbocycles. The number of hydrogen-bond acceptors (Lipinski definition) is 4. The van der Waals surface area contributed by atoms with Crippen LogP contribution in [0.25, 0.3) is 0 Å². The second-order valence-corrected chi connectivity index (χ2v) is 6.00. The summed E-state index contributed by atoms with van der Waals surface area (Å²) in [5, 5.41) is 11.9. The van der Waals surface area contributed by atoms with Crippen molar-refractivity contribution < 1.29 is 14.7 Å². The van der Waals surface area contributed by atoms with E-state index in [1.54, 1.807) is 23.5 Å². The fourth-order valence-corrected chi connectivity index (χ4v) is 3.22. The van der Waals surface area contributed by atoms with E-state index in [2.05, 4.69) is 5.32 Å². The van der Waals surface area contributed by atoms with Crippen LogP contribution in [0.4, 0.5) is 0 Å². The van der Waals surface area contributed by atoms with Crippen molar-refractivity contribution in [3.8, 4) is 0 Å². The zero-order chi connectivity index (χ0) is 12.0. The summed E-state index contributed by atoms with van der Waals surface area (Å²) in [6, 6.07) is 0. The smallest absolute Gasteiger partial charge is 0.329 e. The van der Waals surface area contributed by atoms with Crippen molar-refractivity contribution in [2.75, 3.05) is 23.5 Å². The van der Waals surface area contributed by atoms with Crippen molar-refractivity contribution in [2.24, 2.45) is 0 Å². The number of thioether (sulfide) groups is 2. The Morgan fingerprint density at radius 3 is 2.56 bits per heavy atom. The lowest BCUT2D eigenvalue weighted by molar-refractivity contribution is -0.148. The van der Waals surface area contributed by atoms with Gasteiger partial charge in [0.15, 0.2) is 0 Å². The molecule has 0 unspecified atom stereocenters. The standard InChI is InChI=1S/C10H17NO3S2/c1-15-5-2-8(12)11-10(9(13)14)3-6-16-7-4-10/h2-7H2,1H3,(H,11,12)(H,13,14). The molecule has 2 N–H and O–H groups in total. The van der Waals surface area contributed by atoms with Crippen LogP contribution in [0, 0.1) is 0 Å². The first kappa shape index (κ1) is 13.7. The first-order valence-corrected chi connectivity index (χ1v) is 7.77. The summed E-state index contributed by atoms with van der Waals surface area (Å²) >= 11 is 3.33. The molecular weight excluding hydrogens is 246 g/mol. The molecule has 0 atom stereocenters. The number of hydrogen-bond donors (Lipinski definition) is 2. The second kappa shape index (κ2) is 6.39. The summed E-state index contributed by atoms with van der Waals surface area (Å²) in [5.74, 6) is 1.29. The predicted molar refractivity (Wildman–Crippen MR) is 68.1 cm³/mol. The Morgan fingerprint density at radius 2 is 2.06 bits per heavy atom. The van der Waals surface area contributed by atoms with Gasteiger partial charge in [0.1, 0.15) is 5.54 Å². The van der Waals surface area contributed by atoms with Crippen molar-refractivity contribution in [1.29, 1.82) is 0 Å². The minimum atomic E-state index is -1.01. The Hall–Kier alpha value is -0.360. The minimum Gasteiger partial charge on any atom is -0.480 e. The molecule has 1 aliphatic heterocycles. The zero-order valence-electron chi connectivity index (χ0n) is 9.32. The largest absolute Gasteiger partial charge is 0.480 e. The number of aliphatic carboxylic acids is 1. The zero-order valence-corrected chi connectivity index (χ0v) is 11.0. The van der Waals surface area contributed by atoms with E-state index in [4.69, 9.17) is 0 Å². The van der Waals surface area contributed by atoms with E-state index in [-0.39, 0.29) is 5.91 Å². The van der Waals surface area contributed by atoms with Gasteiger partial charge in [0, 0.05) is 12.2 Å². The Bertz CT molecular complexity index is 265. The van der Waals surface area contributed by atoms with Gasteiger partial charge in [-0.3, -0.25) is 4.79 Å². The number of carbonyl (C=O) groups excluding carboxylic acids is 1. The van der Waals surface area contributed by atoms with Gasteiger partial charge in [0.2, 0.25) is 5.91 Å². The molecule has 1 aliphatic rings. The lowest BCUT2D eigenvalue weighted by Crippen LogP contribution is -2.56. The van der Waals surface area contributed by atoms with Crippen LogP contribution in [0.1, 0.15) is 19.3 Å². The van der Waals surface area contributed by atoms with Crippen molar-refractivity contribution >= 4 is 35.4 Å². The van der Waals surface area contributed by atoms with E-state index in [1.165, 1.54) is 0 Å². The molecule has 1 heterocycles. The third-order valence-corrected chi connectivity index (χ3v) is 4.27. The highest BCUT2D eigenvalue weighted by atomic mass is 32.2. The molecule has 6 heteroatoms. The van der Waals surface area contributed by atoms with E-state index < -0.39 is 11.5 Å². The topological polar surface area (TPSA) is 66.4 Å². The molecular formula is C10H17NO3S2. The van der Waals surface area contributed by atoms with Gasteiger partial charge in [-0.1, -0.05) is 0 Å². The molecule has 0 aliphatic carbocycles. The molecule has 0 saturated carbocycles. The summed E-state index contributed by atoms with van der Waals surface area (Å²) < 4.78 is 0. The maximum Gasteiger partial charge on any atom is 0.329 e. The molecule has 1 saturated heterocycles. The molecule has 1 rings (SSSR count). The Morgan fingerprint density at radius 1 is 1.44 bits per heavy atom. The lowest BCUT2D eigenvalue weighted by atomic mass is 9.92. The van der Waals surface area contributed by atoms with Crippen molar-refractivity contribution in [3.05, 3.63) is 0 Å². The maximum atomic E-state index is 11.6. The third-order valence-electron chi connectivity index (χ3n) is 2.67. The average molecular weight is 263 g/mol. The van der Waals surface area contributed by atoms with Gasteiger partial charge in [0.25, 0.3) is 0 Å². The highest BCUT2D eigenvalue weighted by Crippen LogP contribution is 2.27. The van der Waals surface area contributed by atoms with Crippen molar-refractivity contribution in [2.45, 2.75) is 24.8 Å². The maximum absolute atomic E-state index is 11.6. The van der Waals surface area contributed by atoms with Gasteiger partial charge in [-0.2, -0.15) is 23.5 Å². The second-order valence-electron chi connectivity index (χ2n) is 3.79. The van der Waals surface area contributed by atoms with Gasteiger partial charge in [-0.25, -0.2) is 4.79 Å². The van der Waals surface area contributed by atoms with Crippen LogP contribution in [0.2, 0.25) is 0 Å². The Kier molecular flexibility index (Phi) is 5.48. The number of carboxylic acids is 1. The summed E-state index contributed by atoms with van der Waals surface area (Å²) in [4.78, 5) is 22.8. The van der Waals surface area contributed by atoms with Crippen LogP contribution in [-0.4, -0.2) is 46.0 Å². The SMILES string of the molecule is CSCCC(=O)NC1(C(=O)O)CCSCC1. The van der Waals surface area contributed by atoms with Crippen LogP contribution in [-0.2, 0) is 9.59 Å². The number of nitrogens with one attached hydrogen (secondary N) is 1. The number of amides is 1. The number of carbonyl (C=O) groups is 2. The van der Waals surface area contributed by atoms with E-state index >= 15 is 0 Å². The molecule has 1 fully saturated rings. The number of carboxylic acid groups (broad SMARTS) is 1. The normalized spacial score (nSPS) is 19.1. The van der Waals surface area contributed by atoms with E-state index in [0.29, 0.717) is 19.3 Å². The first-order valence-electron chi connectivity index (χ1n) is 5.22. The van der Waals surface area contributed by atoms with Gasteiger partial charge >= 0.3 is 5.97 Å². The summed E-state index contributed by atoms with van der Waals surface area (Å²) in [6.45, 7) is 0. The van der Waals surface area contributed by atoms with Crippen LogP contribution < -0.4 is 5.32 Å². The van der Waals surface area contributed by atoms with Crippen molar-refractivity contribution in [1.82, 2.24) is 5.32 Å². The molecule has 0 aromatic rings. The quantitative estimate of drug-likeness (QED) is 0.780. The van der Waals surface area contributed by atoms with Gasteiger partial charge in [-0.15, -0.1) is 0 Å². The molecule has 0 radical (unpaired) electrons. The predicted octanol–water partition coefficient (Wildman–Crippen LogP) is 1.21. The summed E-state index contributed by atoms with van der Waals surface area (Å²) in [6.07, 6.45) is 3.37. The number of rotatable bonds is 5. The average Bonchev–Trinajstić information content (AvgIpc) is 2.27. The summed E-state index contributed by atoms with van der Waals surface area (Å²) in [7, 11) is 0. The van der Waals surface area contributed by atoms with Gasteiger partial charge in [0.05, 0.1) is 0 Å². The van der Waals surface area contributed by atoms with Crippen molar-refractivity contribution in [3.63, 3.8) is 0 Å². The molecule has 92 valence electrons. The molecule has 1 amide bonds. The van der Waals surface area contributed by atoms with E-state index in [9.17, 15) is 14.7 Å². The monoisotopic (exact) mass is 263 g/mol. The van der Waals surface area contributed by atoms with Crippen LogP contribution >= 0.6 is 23.5 Å². The van der Waals surface area contributed by atoms with Gasteiger partial charge < -0.3 is 10.4 Å². The van der Waals surface area contributed by atoms with E-state index in [0.717, 1.165) is 17.3 Å². The molecule has 16 heavy (non-hydrogen) atoms.